The van der Waals surface area contributed by atoms with Crippen LogP contribution in [0.3, 0.4) is 0 Å². The van der Waals surface area contributed by atoms with E-state index in [1.54, 1.807) is 0 Å². The Labute approximate surface area is 83.2 Å². The van der Waals surface area contributed by atoms with Crippen molar-refractivity contribution < 1.29 is 13.5 Å². The number of hydrogen-bond donors (Lipinski definition) is 0. The van der Waals surface area contributed by atoms with Crippen LogP contribution in [0.15, 0.2) is 0 Å². The number of ether oxygens (including phenoxy) is 1. The summed E-state index contributed by atoms with van der Waals surface area (Å²) in [5, 5.41) is 0. The maximum atomic E-state index is 11.8. The molecule has 0 N–H and O–H groups in total. The Bertz CT molecular complexity index is 177. The largest absolute Gasteiger partial charge is 0.345 e. The first kappa shape index (κ1) is 10.3. The van der Waals surface area contributed by atoms with Gasteiger partial charge in [-0.25, -0.2) is 0 Å². The van der Waals surface area contributed by atoms with Crippen molar-refractivity contribution in [3.05, 3.63) is 0 Å². The number of likely N-dealkylation sites (tertiary alicyclic amines) is 1. The van der Waals surface area contributed by atoms with Crippen molar-refractivity contribution in [3.63, 3.8) is 0 Å². The molecule has 1 aliphatic carbocycles. The molecule has 4 heteroatoms. The van der Waals surface area contributed by atoms with E-state index in [1.807, 2.05) is 0 Å². The Balaban J connectivity index is 1.66. The van der Waals surface area contributed by atoms with Gasteiger partial charge in [0.1, 0.15) is 0 Å². The van der Waals surface area contributed by atoms with E-state index in [-0.39, 0.29) is 6.10 Å². The maximum absolute atomic E-state index is 11.8. The predicted molar refractivity (Wildman–Crippen MR) is 49.3 cm³/mol. The molecule has 1 aliphatic heterocycles. The van der Waals surface area contributed by atoms with Crippen LogP contribution in [-0.4, -0.2) is 36.7 Å². The molecule has 0 aromatic carbocycles. The fourth-order valence-corrected chi connectivity index (χ4v) is 2.45. The summed E-state index contributed by atoms with van der Waals surface area (Å²) in [7, 11) is 0. The lowest BCUT2D eigenvalue weighted by Gasteiger charge is -2.45. The van der Waals surface area contributed by atoms with Gasteiger partial charge in [-0.2, -0.15) is 8.78 Å². The first-order valence-corrected chi connectivity index (χ1v) is 5.43. The highest BCUT2D eigenvalue weighted by Crippen LogP contribution is 2.27. The highest BCUT2D eigenvalue weighted by molar-refractivity contribution is 4.87. The molecule has 2 fully saturated rings. The molecule has 0 aromatic heterocycles. The summed E-state index contributed by atoms with van der Waals surface area (Å²) in [5.41, 5.74) is 0. The SMILES string of the molecule is FC(F)OC1CN(C2CCCCC2)C1. The van der Waals surface area contributed by atoms with E-state index in [1.165, 1.54) is 32.1 Å². The van der Waals surface area contributed by atoms with E-state index in [4.69, 9.17) is 0 Å². The average molecular weight is 205 g/mol. The summed E-state index contributed by atoms with van der Waals surface area (Å²) in [5.74, 6) is 0. The molecule has 0 unspecified atom stereocenters. The highest BCUT2D eigenvalue weighted by atomic mass is 19.3. The van der Waals surface area contributed by atoms with Gasteiger partial charge in [-0.05, 0) is 12.8 Å². The van der Waals surface area contributed by atoms with E-state index in [0.717, 1.165) is 0 Å². The Morgan fingerprint density at radius 1 is 1.07 bits per heavy atom. The molecule has 0 amide bonds. The van der Waals surface area contributed by atoms with E-state index in [9.17, 15) is 8.78 Å². The van der Waals surface area contributed by atoms with Crippen LogP contribution in [0.25, 0.3) is 0 Å². The summed E-state index contributed by atoms with van der Waals surface area (Å²) in [6, 6.07) is 0.640. The zero-order valence-electron chi connectivity index (χ0n) is 8.29. The van der Waals surface area contributed by atoms with Gasteiger partial charge in [0, 0.05) is 19.1 Å². The van der Waals surface area contributed by atoms with E-state index in [0.29, 0.717) is 19.1 Å². The van der Waals surface area contributed by atoms with Crippen LogP contribution in [-0.2, 0) is 4.74 Å². The minimum atomic E-state index is -2.60. The number of alkyl halides is 2. The summed E-state index contributed by atoms with van der Waals surface area (Å²) in [6.45, 7) is -1.20. The van der Waals surface area contributed by atoms with Crippen LogP contribution < -0.4 is 0 Å². The van der Waals surface area contributed by atoms with E-state index in [2.05, 4.69) is 9.64 Å². The predicted octanol–water partition coefficient (Wildman–Crippen LogP) is 2.24. The Hall–Kier alpha value is -0.220. The zero-order valence-corrected chi connectivity index (χ0v) is 8.29. The van der Waals surface area contributed by atoms with Gasteiger partial charge in [-0.1, -0.05) is 19.3 Å². The smallest absolute Gasteiger partial charge is 0.317 e. The third-order valence-corrected chi connectivity index (χ3v) is 3.26. The molecular formula is C10H17F2NO. The summed E-state index contributed by atoms with van der Waals surface area (Å²) in [4.78, 5) is 2.28. The van der Waals surface area contributed by atoms with Crippen LogP contribution in [0.4, 0.5) is 8.78 Å². The first-order chi connectivity index (χ1) is 6.75. The molecule has 1 saturated heterocycles. The third kappa shape index (κ3) is 2.42. The van der Waals surface area contributed by atoms with Crippen molar-refractivity contribution in [2.45, 2.75) is 50.9 Å². The van der Waals surface area contributed by atoms with Gasteiger partial charge in [-0.15, -0.1) is 0 Å². The minimum absolute atomic E-state index is 0.225. The molecule has 2 aliphatic rings. The lowest BCUT2D eigenvalue weighted by molar-refractivity contribution is -0.201. The average Bonchev–Trinajstić information content (AvgIpc) is 2.12. The zero-order chi connectivity index (χ0) is 9.97. The number of halogens is 2. The lowest BCUT2D eigenvalue weighted by atomic mass is 9.92. The number of nitrogens with zero attached hydrogens (tertiary/aromatic N) is 1. The second-order valence-corrected chi connectivity index (χ2v) is 4.26. The van der Waals surface area contributed by atoms with Gasteiger partial charge in [0.2, 0.25) is 0 Å². The molecule has 0 atom stereocenters. The first-order valence-electron chi connectivity index (χ1n) is 5.43. The second kappa shape index (κ2) is 4.53. The maximum Gasteiger partial charge on any atom is 0.345 e. The van der Waals surface area contributed by atoms with Crippen molar-refractivity contribution in [3.8, 4) is 0 Å². The molecule has 0 aromatic rings. The normalized spacial score (nSPS) is 26.8. The van der Waals surface area contributed by atoms with Crippen LogP contribution in [0.1, 0.15) is 32.1 Å². The molecule has 1 saturated carbocycles. The third-order valence-electron chi connectivity index (χ3n) is 3.26. The van der Waals surface area contributed by atoms with Crippen molar-refractivity contribution in [1.82, 2.24) is 4.90 Å². The van der Waals surface area contributed by atoms with Gasteiger partial charge in [0.15, 0.2) is 0 Å². The van der Waals surface area contributed by atoms with Crippen molar-refractivity contribution in [2.75, 3.05) is 13.1 Å². The van der Waals surface area contributed by atoms with Crippen molar-refractivity contribution >= 4 is 0 Å². The molecule has 14 heavy (non-hydrogen) atoms. The van der Waals surface area contributed by atoms with Crippen LogP contribution in [0.2, 0.25) is 0 Å². The molecule has 82 valence electrons. The van der Waals surface area contributed by atoms with Gasteiger partial charge in [-0.3, -0.25) is 4.90 Å². The van der Waals surface area contributed by atoms with Crippen molar-refractivity contribution in [2.24, 2.45) is 0 Å². The standard InChI is InChI=1S/C10H17F2NO/c11-10(12)14-9-6-13(7-9)8-4-2-1-3-5-8/h8-10H,1-7H2. The summed E-state index contributed by atoms with van der Waals surface area (Å²) in [6.07, 6.45) is 6.17. The van der Waals surface area contributed by atoms with E-state index >= 15 is 0 Å². The van der Waals surface area contributed by atoms with E-state index < -0.39 is 6.61 Å². The van der Waals surface area contributed by atoms with Crippen LogP contribution >= 0.6 is 0 Å². The van der Waals surface area contributed by atoms with Gasteiger partial charge in [0.05, 0.1) is 6.10 Å². The fraction of sp³-hybridized carbons (Fsp3) is 1.00. The molecule has 1 heterocycles. The Kier molecular flexibility index (Phi) is 3.34. The van der Waals surface area contributed by atoms with Gasteiger partial charge in [0.25, 0.3) is 0 Å². The minimum Gasteiger partial charge on any atom is -0.317 e. The fourth-order valence-electron chi connectivity index (χ4n) is 2.45. The molecule has 0 radical (unpaired) electrons. The molecule has 2 nitrogen and oxygen atoms in total. The highest BCUT2D eigenvalue weighted by Gasteiger charge is 2.34. The molecule has 0 bridgehead atoms. The lowest BCUT2D eigenvalue weighted by Crippen LogP contribution is -2.57. The van der Waals surface area contributed by atoms with Gasteiger partial charge >= 0.3 is 6.61 Å². The monoisotopic (exact) mass is 205 g/mol. The number of hydrogen-bond acceptors (Lipinski definition) is 2. The Morgan fingerprint density at radius 3 is 2.29 bits per heavy atom. The second-order valence-electron chi connectivity index (χ2n) is 4.26. The number of rotatable bonds is 3. The van der Waals surface area contributed by atoms with Crippen LogP contribution in [0, 0.1) is 0 Å². The topological polar surface area (TPSA) is 12.5 Å². The molecule has 2 rings (SSSR count). The summed E-state index contributed by atoms with van der Waals surface area (Å²) >= 11 is 0. The molecule has 0 spiro atoms. The van der Waals surface area contributed by atoms with Gasteiger partial charge < -0.3 is 4.74 Å². The van der Waals surface area contributed by atoms with Crippen LogP contribution in [0.5, 0.6) is 0 Å². The quantitative estimate of drug-likeness (QED) is 0.700. The summed E-state index contributed by atoms with van der Waals surface area (Å²) < 4.78 is 28.1. The molecular weight excluding hydrogens is 188 g/mol. The Morgan fingerprint density at radius 2 is 1.71 bits per heavy atom. The van der Waals surface area contributed by atoms with Crippen molar-refractivity contribution in [1.29, 1.82) is 0 Å².